The SMILES string of the molecule is OB(O)c1cc2ccc3sc4ccccc4c3c2c2c1sc1ccccc12. The number of thiophene rings is 2. The fraction of sp³-hybridized carbons (Fsp3) is 0. The molecule has 2 heterocycles. The molecule has 0 radical (unpaired) electrons. The van der Waals surface area contributed by atoms with Gasteiger partial charge in [0.15, 0.2) is 0 Å². The van der Waals surface area contributed by atoms with Crippen molar-refractivity contribution in [2.75, 3.05) is 0 Å². The molecule has 128 valence electrons. The van der Waals surface area contributed by atoms with E-state index in [-0.39, 0.29) is 0 Å². The van der Waals surface area contributed by atoms with E-state index in [0.29, 0.717) is 5.46 Å². The van der Waals surface area contributed by atoms with Crippen LogP contribution in [0.3, 0.4) is 0 Å². The molecule has 0 saturated carbocycles. The van der Waals surface area contributed by atoms with Gasteiger partial charge in [0.2, 0.25) is 0 Å². The Morgan fingerprint density at radius 1 is 0.630 bits per heavy atom. The summed E-state index contributed by atoms with van der Waals surface area (Å²) < 4.78 is 4.66. The van der Waals surface area contributed by atoms with E-state index in [0.717, 1.165) is 15.5 Å². The molecule has 2 aromatic heterocycles. The van der Waals surface area contributed by atoms with E-state index < -0.39 is 7.12 Å². The smallest absolute Gasteiger partial charge is 0.423 e. The van der Waals surface area contributed by atoms with E-state index in [1.54, 1.807) is 11.3 Å². The highest BCUT2D eigenvalue weighted by atomic mass is 32.1. The van der Waals surface area contributed by atoms with Crippen LogP contribution in [-0.2, 0) is 0 Å². The summed E-state index contributed by atoms with van der Waals surface area (Å²) in [7, 11) is -1.49. The van der Waals surface area contributed by atoms with Crippen molar-refractivity contribution in [3.63, 3.8) is 0 Å². The average Bonchev–Trinajstić information content (AvgIpc) is 3.25. The van der Waals surface area contributed by atoms with Crippen molar-refractivity contribution >= 4 is 86.4 Å². The zero-order valence-electron chi connectivity index (χ0n) is 14.1. The Morgan fingerprint density at radius 2 is 1.30 bits per heavy atom. The zero-order chi connectivity index (χ0) is 18.1. The Kier molecular flexibility index (Phi) is 3.20. The van der Waals surface area contributed by atoms with Gasteiger partial charge in [-0.15, -0.1) is 22.7 Å². The Balaban J connectivity index is 2.00. The van der Waals surface area contributed by atoms with Gasteiger partial charge in [0.05, 0.1) is 0 Å². The summed E-state index contributed by atoms with van der Waals surface area (Å²) >= 11 is 3.44. The second-order valence-corrected chi connectivity index (χ2v) is 8.91. The zero-order valence-corrected chi connectivity index (χ0v) is 15.8. The molecule has 4 aromatic carbocycles. The molecule has 2 N–H and O–H groups in total. The van der Waals surface area contributed by atoms with Gasteiger partial charge in [-0.05, 0) is 23.6 Å². The summed E-state index contributed by atoms with van der Waals surface area (Å²) in [4.78, 5) is 0. The fourth-order valence-electron chi connectivity index (χ4n) is 4.14. The van der Waals surface area contributed by atoms with Crippen LogP contribution in [0.4, 0.5) is 0 Å². The number of fused-ring (bicyclic) bond motifs is 9. The summed E-state index contributed by atoms with van der Waals surface area (Å²) in [6.07, 6.45) is 0. The van der Waals surface area contributed by atoms with Crippen LogP contribution in [-0.4, -0.2) is 17.2 Å². The first-order valence-corrected chi connectivity index (χ1v) is 10.4. The standard InChI is InChI=1S/C22H13BO2S2/c24-23(25)15-11-12-9-10-18-20(13-5-1-3-7-16(13)26-18)19(12)21-14-6-2-4-8-17(14)27-22(15)21/h1-11,24-25H. The first-order chi connectivity index (χ1) is 13.2. The Labute approximate surface area is 163 Å². The Bertz CT molecular complexity index is 1510. The van der Waals surface area contributed by atoms with E-state index >= 15 is 0 Å². The van der Waals surface area contributed by atoms with E-state index in [1.165, 1.54) is 35.6 Å². The van der Waals surface area contributed by atoms with E-state index in [4.69, 9.17) is 0 Å². The van der Waals surface area contributed by atoms with Crippen LogP contribution in [0.5, 0.6) is 0 Å². The summed E-state index contributed by atoms with van der Waals surface area (Å²) in [5, 5.41) is 27.1. The molecule has 0 atom stereocenters. The molecular weight excluding hydrogens is 371 g/mol. The highest BCUT2D eigenvalue weighted by molar-refractivity contribution is 7.27. The van der Waals surface area contributed by atoms with Crippen LogP contribution in [0.1, 0.15) is 0 Å². The van der Waals surface area contributed by atoms with Crippen molar-refractivity contribution in [2.24, 2.45) is 0 Å². The van der Waals surface area contributed by atoms with Gasteiger partial charge < -0.3 is 10.0 Å². The van der Waals surface area contributed by atoms with Gasteiger partial charge in [0.25, 0.3) is 0 Å². The molecule has 6 rings (SSSR count). The van der Waals surface area contributed by atoms with E-state index in [9.17, 15) is 10.0 Å². The Hall–Kier alpha value is -2.44. The van der Waals surface area contributed by atoms with Crippen LogP contribution < -0.4 is 5.46 Å². The van der Waals surface area contributed by atoms with Gasteiger partial charge >= 0.3 is 7.12 Å². The quantitative estimate of drug-likeness (QED) is 0.380. The van der Waals surface area contributed by atoms with Gasteiger partial charge in [-0.3, -0.25) is 0 Å². The summed E-state index contributed by atoms with van der Waals surface area (Å²) in [5.74, 6) is 0. The molecule has 0 spiro atoms. The lowest BCUT2D eigenvalue weighted by molar-refractivity contribution is 0.426. The molecule has 0 unspecified atom stereocenters. The molecule has 0 bridgehead atoms. The van der Waals surface area contributed by atoms with Gasteiger partial charge in [-0.1, -0.05) is 48.5 Å². The first kappa shape index (κ1) is 15.6. The third-order valence-electron chi connectivity index (χ3n) is 5.27. The molecule has 0 saturated heterocycles. The summed E-state index contributed by atoms with van der Waals surface area (Å²) in [5.41, 5.74) is 0.581. The maximum Gasteiger partial charge on any atom is 0.489 e. The van der Waals surface area contributed by atoms with Crippen molar-refractivity contribution < 1.29 is 10.0 Å². The van der Waals surface area contributed by atoms with Crippen LogP contribution in [0.15, 0.2) is 66.7 Å². The maximum atomic E-state index is 10.0. The van der Waals surface area contributed by atoms with E-state index in [2.05, 4.69) is 48.5 Å². The number of rotatable bonds is 1. The minimum Gasteiger partial charge on any atom is -0.423 e. The first-order valence-electron chi connectivity index (χ1n) is 8.76. The van der Waals surface area contributed by atoms with E-state index in [1.807, 2.05) is 29.5 Å². The van der Waals surface area contributed by atoms with Crippen molar-refractivity contribution in [2.45, 2.75) is 0 Å². The molecule has 0 aliphatic rings. The minimum atomic E-state index is -1.49. The molecule has 2 nitrogen and oxygen atoms in total. The second-order valence-electron chi connectivity index (χ2n) is 6.78. The average molecular weight is 384 g/mol. The van der Waals surface area contributed by atoms with Crippen LogP contribution in [0.25, 0.3) is 51.1 Å². The molecule has 0 fully saturated rings. The fourth-order valence-corrected chi connectivity index (χ4v) is 6.50. The molecule has 0 amide bonds. The largest absolute Gasteiger partial charge is 0.489 e. The predicted molar refractivity (Wildman–Crippen MR) is 120 cm³/mol. The molecule has 0 aliphatic carbocycles. The molecule has 6 aromatic rings. The second kappa shape index (κ2) is 5.53. The number of hydrogen-bond acceptors (Lipinski definition) is 4. The summed E-state index contributed by atoms with van der Waals surface area (Å²) in [6, 6.07) is 23.0. The molecule has 27 heavy (non-hydrogen) atoms. The third-order valence-corrected chi connectivity index (χ3v) is 7.63. The number of benzene rings is 4. The van der Waals surface area contributed by atoms with Crippen molar-refractivity contribution in [1.29, 1.82) is 0 Å². The predicted octanol–water partition coefficient (Wildman–Crippen LogP) is 5.26. The minimum absolute atomic E-state index is 0.581. The monoisotopic (exact) mass is 384 g/mol. The highest BCUT2D eigenvalue weighted by Gasteiger charge is 2.22. The van der Waals surface area contributed by atoms with Crippen molar-refractivity contribution in [3.8, 4) is 0 Å². The molecule has 0 aliphatic heterocycles. The van der Waals surface area contributed by atoms with Crippen LogP contribution >= 0.6 is 22.7 Å². The van der Waals surface area contributed by atoms with Gasteiger partial charge in [0.1, 0.15) is 0 Å². The maximum absolute atomic E-state index is 10.0. The lowest BCUT2D eigenvalue weighted by Crippen LogP contribution is -2.29. The summed E-state index contributed by atoms with van der Waals surface area (Å²) in [6.45, 7) is 0. The molecule has 5 heteroatoms. The van der Waals surface area contributed by atoms with Crippen LogP contribution in [0, 0.1) is 0 Å². The van der Waals surface area contributed by atoms with Gasteiger partial charge in [0, 0.05) is 51.2 Å². The normalized spacial score (nSPS) is 12.1. The number of hydrogen-bond donors (Lipinski definition) is 2. The lowest BCUT2D eigenvalue weighted by Gasteiger charge is -2.08. The van der Waals surface area contributed by atoms with Crippen LogP contribution in [0.2, 0.25) is 0 Å². The van der Waals surface area contributed by atoms with Gasteiger partial charge in [-0.25, -0.2) is 0 Å². The molecular formula is C22H13BO2S2. The third kappa shape index (κ3) is 2.08. The van der Waals surface area contributed by atoms with Gasteiger partial charge in [-0.2, -0.15) is 0 Å². The Morgan fingerprint density at radius 3 is 2.04 bits per heavy atom. The van der Waals surface area contributed by atoms with Crippen molar-refractivity contribution in [3.05, 3.63) is 66.7 Å². The topological polar surface area (TPSA) is 40.5 Å². The highest BCUT2D eigenvalue weighted by Crippen LogP contribution is 2.44. The lowest BCUT2D eigenvalue weighted by atomic mass is 9.78. The van der Waals surface area contributed by atoms with Crippen molar-refractivity contribution in [1.82, 2.24) is 0 Å².